The van der Waals surface area contributed by atoms with Gasteiger partial charge in [0.15, 0.2) is 0 Å². The van der Waals surface area contributed by atoms with Gasteiger partial charge in [-0.2, -0.15) is 0 Å². The lowest BCUT2D eigenvalue weighted by atomic mass is 9.91. The number of hydrogen-bond acceptors (Lipinski definition) is 3. The first-order chi connectivity index (χ1) is 6.27. The standard InChI is InChI=1S/C9H16N2O2/c12-9(13)7-5-10-4-6-2-1-3-8(7)11-6/h6-8,10-11H,1-5H2,(H,12,13). The van der Waals surface area contributed by atoms with Crippen LogP contribution >= 0.6 is 0 Å². The van der Waals surface area contributed by atoms with Crippen molar-refractivity contribution in [2.75, 3.05) is 13.1 Å². The molecular formula is C9H16N2O2. The van der Waals surface area contributed by atoms with Crippen LogP contribution in [0, 0.1) is 5.92 Å². The molecule has 3 atom stereocenters. The molecule has 2 heterocycles. The van der Waals surface area contributed by atoms with Gasteiger partial charge in [-0.1, -0.05) is 6.42 Å². The van der Waals surface area contributed by atoms with Crippen molar-refractivity contribution in [3.63, 3.8) is 0 Å². The van der Waals surface area contributed by atoms with Gasteiger partial charge in [0.1, 0.15) is 0 Å². The highest BCUT2D eigenvalue weighted by molar-refractivity contribution is 5.71. The molecule has 0 aliphatic carbocycles. The normalized spacial score (nSPS) is 39.5. The summed E-state index contributed by atoms with van der Waals surface area (Å²) in [5.41, 5.74) is 0. The molecule has 0 saturated carbocycles. The number of nitrogens with one attached hydrogen (secondary N) is 2. The van der Waals surface area contributed by atoms with E-state index in [-0.39, 0.29) is 12.0 Å². The summed E-state index contributed by atoms with van der Waals surface area (Å²) < 4.78 is 0. The summed E-state index contributed by atoms with van der Waals surface area (Å²) in [5.74, 6) is -0.919. The minimum Gasteiger partial charge on any atom is -0.481 e. The van der Waals surface area contributed by atoms with Crippen LogP contribution in [-0.2, 0) is 4.79 Å². The second-order valence-corrected chi connectivity index (χ2v) is 4.00. The zero-order valence-electron chi connectivity index (χ0n) is 7.62. The minimum absolute atomic E-state index is 0.186. The average Bonchev–Trinajstić information content (AvgIpc) is 2.25. The Morgan fingerprint density at radius 2 is 2.15 bits per heavy atom. The van der Waals surface area contributed by atoms with Gasteiger partial charge in [-0.25, -0.2) is 0 Å². The second-order valence-electron chi connectivity index (χ2n) is 4.00. The third kappa shape index (κ3) is 1.84. The first kappa shape index (κ1) is 8.97. The molecule has 0 aromatic carbocycles. The maximum absolute atomic E-state index is 10.9. The van der Waals surface area contributed by atoms with E-state index >= 15 is 0 Å². The third-order valence-corrected chi connectivity index (χ3v) is 3.08. The first-order valence-corrected chi connectivity index (χ1v) is 4.97. The van der Waals surface area contributed by atoms with E-state index < -0.39 is 5.97 Å². The number of aliphatic carboxylic acids is 1. The monoisotopic (exact) mass is 184 g/mol. The molecular weight excluding hydrogens is 168 g/mol. The summed E-state index contributed by atoms with van der Waals surface area (Å²) in [6, 6.07) is 0.675. The topological polar surface area (TPSA) is 61.4 Å². The van der Waals surface area contributed by atoms with Crippen LogP contribution in [0.3, 0.4) is 0 Å². The molecule has 0 spiro atoms. The van der Waals surface area contributed by atoms with Crippen LogP contribution in [-0.4, -0.2) is 36.2 Å². The third-order valence-electron chi connectivity index (χ3n) is 3.08. The molecule has 2 aliphatic heterocycles. The Hall–Kier alpha value is -0.610. The van der Waals surface area contributed by atoms with Crippen molar-refractivity contribution >= 4 is 5.97 Å². The number of rotatable bonds is 1. The van der Waals surface area contributed by atoms with E-state index in [1.54, 1.807) is 0 Å². The number of fused-ring (bicyclic) bond motifs is 2. The van der Waals surface area contributed by atoms with E-state index in [2.05, 4.69) is 10.6 Å². The van der Waals surface area contributed by atoms with Crippen molar-refractivity contribution in [3.8, 4) is 0 Å². The summed E-state index contributed by atoms with van der Waals surface area (Å²) in [6.45, 7) is 1.53. The fourth-order valence-electron chi connectivity index (χ4n) is 2.35. The van der Waals surface area contributed by atoms with Gasteiger partial charge in [0, 0.05) is 25.2 Å². The lowest BCUT2D eigenvalue weighted by molar-refractivity contribution is -0.142. The van der Waals surface area contributed by atoms with Crippen molar-refractivity contribution in [3.05, 3.63) is 0 Å². The van der Waals surface area contributed by atoms with Gasteiger partial charge >= 0.3 is 5.97 Å². The van der Waals surface area contributed by atoms with E-state index in [9.17, 15) is 4.79 Å². The molecule has 2 rings (SSSR count). The van der Waals surface area contributed by atoms with Crippen LogP contribution in [0.5, 0.6) is 0 Å². The molecule has 2 aliphatic rings. The van der Waals surface area contributed by atoms with E-state index in [4.69, 9.17) is 5.11 Å². The second kappa shape index (κ2) is 3.64. The number of piperidine rings is 1. The van der Waals surface area contributed by atoms with Gasteiger partial charge in [-0.15, -0.1) is 0 Å². The quantitative estimate of drug-likeness (QED) is 0.528. The molecule has 0 aromatic rings. The van der Waals surface area contributed by atoms with Gasteiger partial charge in [0.2, 0.25) is 0 Å². The van der Waals surface area contributed by atoms with Gasteiger partial charge in [0.05, 0.1) is 5.92 Å². The fraction of sp³-hybridized carbons (Fsp3) is 0.889. The molecule has 0 aromatic heterocycles. The highest BCUT2D eigenvalue weighted by Gasteiger charge is 2.34. The summed E-state index contributed by atoms with van der Waals surface area (Å²) in [4.78, 5) is 10.9. The Balaban J connectivity index is 2.07. The van der Waals surface area contributed by atoms with Gasteiger partial charge in [0.25, 0.3) is 0 Å². The average molecular weight is 184 g/mol. The molecule has 0 amide bonds. The number of carbonyl (C=O) groups is 1. The van der Waals surface area contributed by atoms with E-state index in [0.717, 1.165) is 19.4 Å². The highest BCUT2D eigenvalue weighted by atomic mass is 16.4. The summed E-state index contributed by atoms with van der Waals surface area (Å²) in [7, 11) is 0. The molecule has 2 bridgehead atoms. The zero-order valence-corrected chi connectivity index (χ0v) is 7.62. The fourth-order valence-corrected chi connectivity index (χ4v) is 2.35. The molecule has 2 fully saturated rings. The Labute approximate surface area is 77.7 Å². The van der Waals surface area contributed by atoms with Gasteiger partial charge in [-0.3, -0.25) is 4.79 Å². The molecule has 3 unspecified atom stereocenters. The van der Waals surface area contributed by atoms with Crippen LogP contribution in [0.1, 0.15) is 19.3 Å². The molecule has 74 valence electrons. The van der Waals surface area contributed by atoms with Crippen LogP contribution in [0.4, 0.5) is 0 Å². The van der Waals surface area contributed by atoms with Crippen LogP contribution in [0.25, 0.3) is 0 Å². The van der Waals surface area contributed by atoms with Crippen molar-refractivity contribution in [1.82, 2.24) is 10.6 Å². The van der Waals surface area contributed by atoms with Crippen molar-refractivity contribution < 1.29 is 9.90 Å². The lowest BCUT2D eigenvalue weighted by Crippen LogP contribution is -2.47. The zero-order chi connectivity index (χ0) is 9.26. The predicted octanol–water partition coefficient (Wildman–Crippen LogP) is -0.199. The summed E-state index contributed by atoms with van der Waals surface area (Å²) in [6.07, 6.45) is 3.35. The smallest absolute Gasteiger partial charge is 0.309 e. The summed E-state index contributed by atoms with van der Waals surface area (Å²) in [5, 5.41) is 15.6. The highest BCUT2D eigenvalue weighted by Crippen LogP contribution is 2.20. The molecule has 2 saturated heterocycles. The van der Waals surface area contributed by atoms with Crippen LogP contribution < -0.4 is 10.6 Å². The Morgan fingerprint density at radius 3 is 2.92 bits per heavy atom. The number of carboxylic acid groups (broad SMARTS) is 1. The first-order valence-electron chi connectivity index (χ1n) is 4.97. The van der Waals surface area contributed by atoms with Crippen molar-refractivity contribution in [2.24, 2.45) is 5.92 Å². The van der Waals surface area contributed by atoms with Crippen LogP contribution in [0.15, 0.2) is 0 Å². The largest absolute Gasteiger partial charge is 0.481 e. The van der Waals surface area contributed by atoms with Crippen LogP contribution in [0.2, 0.25) is 0 Å². The number of carboxylic acids is 1. The van der Waals surface area contributed by atoms with E-state index in [1.807, 2.05) is 0 Å². The van der Waals surface area contributed by atoms with Crippen molar-refractivity contribution in [2.45, 2.75) is 31.3 Å². The van der Waals surface area contributed by atoms with Gasteiger partial charge < -0.3 is 15.7 Å². The Bertz CT molecular complexity index is 208. The molecule has 4 heteroatoms. The molecule has 13 heavy (non-hydrogen) atoms. The molecule has 4 nitrogen and oxygen atoms in total. The SMILES string of the molecule is O=C(O)C1CNCC2CCCC1N2. The lowest BCUT2D eigenvalue weighted by Gasteiger charge is -2.30. The predicted molar refractivity (Wildman–Crippen MR) is 48.6 cm³/mol. The molecule has 0 radical (unpaired) electrons. The minimum atomic E-state index is -0.674. The Morgan fingerprint density at radius 1 is 1.31 bits per heavy atom. The summed E-state index contributed by atoms with van der Waals surface area (Å²) >= 11 is 0. The van der Waals surface area contributed by atoms with Gasteiger partial charge in [-0.05, 0) is 12.8 Å². The number of hydrogen-bond donors (Lipinski definition) is 3. The maximum Gasteiger partial charge on any atom is 0.309 e. The Kier molecular flexibility index (Phi) is 2.51. The van der Waals surface area contributed by atoms with E-state index in [0.29, 0.717) is 12.6 Å². The molecule has 3 N–H and O–H groups in total. The van der Waals surface area contributed by atoms with E-state index in [1.165, 1.54) is 6.42 Å². The maximum atomic E-state index is 10.9. The van der Waals surface area contributed by atoms with Crippen molar-refractivity contribution in [1.29, 1.82) is 0 Å².